The number of nitrogens with one attached hydrogen (secondary N) is 2. The summed E-state index contributed by atoms with van der Waals surface area (Å²) >= 11 is 0. The van der Waals surface area contributed by atoms with Gasteiger partial charge in [0.05, 0.1) is 23.8 Å². The number of piperidine rings is 1. The number of amides is 1. The van der Waals surface area contributed by atoms with Crippen molar-refractivity contribution in [3.8, 4) is 5.69 Å². The van der Waals surface area contributed by atoms with E-state index in [1.165, 1.54) is 0 Å². The second kappa shape index (κ2) is 6.29. The zero-order chi connectivity index (χ0) is 15.4. The van der Waals surface area contributed by atoms with Gasteiger partial charge in [-0.05, 0) is 38.1 Å². The first-order valence-corrected chi connectivity index (χ1v) is 7.41. The first-order valence-electron chi connectivity index (χ1n) is 7.41. The Morgan fingerprint density at radius 3 is 2.73 bits per heavy atom. The molecule has 6 heteroatoms. The highest BCUT2D eigenvalue weighted by Gasteiger charge is 2.39. The highest BCUT2D eigenvalue weighted by molar-refractivity contribution is 5.97. The summed E-state index contributed by atoms with van der Waals surface area (Å²) in [6.07, 6.45) is 4.79. The van der Waals surface area contributed by atoms with Crippen LogP contribution in [0.15, 0.2) is 42.7 Å². The number of hydrogen-bond acceptors (Lipinski definition) is 4. The van der Waals surface area contributed by atoms with Gasteiger partial charge in [-0.2, -0.15) is 5.10 Å². The number of carbonyl (C=O) groups excluding carboxylic acids is 1. The van der Waals surface area contributed by atoms with Crippen LogP contribution in [-0.4, -0.2) is 41.5 Å². The van der Waals surface area contributed by atoms with Gasteiger partial charge in [-0.3, -0.25) is 4.79 Å². The van der Waals surface area contributed by atoms with Gasteiger partial charge in [0.2, 0.25) is 0 Å². The molecular weight excluding hydrogens is 280 g/mol. The fraction of sp³-hybridized carbons (Fsp3) is 0.375. The molecule has 1 aromatic carbocycles. The standard InChI is InChI=1S/C16H20N4O2/c1-22-16(7-9-17-10-8-16)15(21)19-13-11-18-20(12-13)14-5-3-2-4-6-14/h2-6,11-12,17H,7-10H2,1H3,(H,19,21). The Morgan fingerprint density at radius 2 is 2.05 bits per heavy atom. The molecule has 1 saturated heterocycles. The SMILES string of the molecule is COC1(C(=O)Nc2cnn(-c3ccccc3)c2)CCNCC1. The number of para-hydroxylation sites is 1. The van der Waals surface area contributed by atoms with Gasteiger partial charge in [-0.1, -0.05) is 18.2 Å². The minimum Gasteiger partial charge on any atom is -0.368 e. The van der Waals surface area contributed by atoms with Gasteiger partial charge in [0.25, 0.3) is 5.91 Å². The van der Waals surface area contributed by atoms with E-state index in [4.69, 9.17) is 4.74 Å². The Bertz CT molecular complexity index is 633. The van der Waals surface area contributed by atoms with Crippen molar-refractivity contribution in [2.45, 2.75) is 18.4 Å². The van der Waals surface area contributed by atoms with Crippen molar-refractivity contribution in [2.75, 3.05) is 25.5 Å². The van der Waals surface area contributed by atoms with E-state index in [0.717, 1.165) is 18.8 Å². The quantitative estimate of drug-likeness (QED) is 0.899. The number of nitrogens with zero attached hydrogens (tertiary/aromatic N) is 2. The van der Waals surface area contributed by atoms with E-state index in [1.807, 2.05) is 30.3 Å². The van der Waals surface area contributed by atoms with Gasteiger partial charge in [0, 0.05) is 7.11 Å². The van der Waals surface area contributed by atoms with Crippen molar-refractivity contribution >= 4 is 11.6 Å². The molecule has 2 heterocycles. The maximum absolute atomic E-state index is 12.6. The lowest BCUT2D eigenvalue weighted by Gasteiger charge is -2.34. The average molecular weight is 300 g/mol. The topological polar surface area (TPSA) is 68.2 Å². The summed E-state index contributed by atoms with van der Waals surface area (Å²) in [4.78, 5) is 12.6. The predicted octanol–water partition coefficient (Wildman–Crippen LogP) is 1.58. The van der Waals surface area contributed by atoms with E-state index in [9.17, 15) is 4.79 Å². The van der Waals surface area contributed by atoms with E-state index >= 15 is 0 Å². The molecule has 1 aromatic heterocycles. The largest absolute Gasteiger partial charge is 0.368 e. The molecule has 0 atom stereocenters. The van der Waals surface area contributed by atoms with Crippen LogP contribution < -0.4 is 10.6 Å². The normalized spacial score (nSPS) is 17.1. The summed E-state index contributed by atoms with van der Waals surface area (Å²) < 4.78 is 7.26. The molecule has 1 amide bonds. The smallest absolute Gasteiger partial charge is 0.256 e. The zero-order valence-corrected chi connectivity index (χ0v) is 12.6. The molecule has 1 aliphatic heterocycles. The molecule has 0 saturated carbocycles. The predicted molar refractivity (Wildman–Crippen MR) is 84.0 cm³/mol. The molecule has 0 bridgehead atoms. The molecule has 3 rings (SSSR count). The van der Waals surface area contributed by atoms with E-state index in [0.29, 0.717) is 18.5 Å². The fourth-order valence-corrected chi connectivity index (χ4v) is 2.71. The Balaban J connectivity index is 1.73. The number of ether oxygens (including phenoxy) is 1. The van der Waals surface area contributed by atoms with Gasteiger partial charge in [0.1, 0.15) is 5.60 Å². The number of carbonyl (C=O) groups is 1. The van der Waals surface area contributed by atoms with Crippen LogP contribution in [0.25, 0.3) is 5.69 Å². The second-order valence-corrected chi connectivity index (χ2v) is 5.41. The van der Waals surface area contributed by atoms with Gasteiger partial charge in [-0.25, -0.2) is 4.68 Å². The molecule has 22 heavy (non-hydrogen) atoms. The summed E-state index contributed by atoms with van der Waals surface area (Å²) in [5.74, 6) is -0.107. The highest BCUT2D eigenvalue weighted by Crippen LogP contribution is 2.24. The van der Waals surface area contributed by atoms with Crippen molar-refractivity contribution in [3.63, 3.8) is 0 Å². The molecule has 116 valence electrons. The van der Waals surface area contributed by atoms with E-state index < -0.39 is 5.60 Å². The number of anilines is 1. The van der Waals surface area contributed by atoms with Crippen molar-refractivity contribution in [2.24, 2.45) is 0 Å². The van der Waals surface area contributed by atoms with E-state index in [1.54, 1.807) is 24.2 Å². The molecule has 0 aliphatic carbocycles. The molecular formula is C16H20N4O2. The minimum atomic E-state index is -0.750. The second-order valence-electron chi connectivity index (χ2n) is 5.41. The monoisotopic (exact) mass is 300 g/mol. The van der Waals surface area contributed by atoms with Crippen LogP contribution in [0.1, 0.15) is 12.8 Å². The van der Waals surface area contributed by atoms with Crippen molar-refractivity contribution in [1.82, 2.24) is 15.1 Å². The van der Waals surface area contributed by atoms with Gasteiger partial charge < -0.3 is 15.4 Å². The number of rotatable bonds is 4. The molecule has 1 fully saturated rings. The molecule has 0 radical (unpaired) electrons. The first kappa shape index (κ1) is 14.7. The van der Waals surface area contributed by atoms with Gasteiger partial charge in [-0.15, -0.1) is 0 Å². The third kappa shape index (κ3) is 2.88. The van der Waals surface area contributed by atoms with Crippen LogP contribution >= 0.6 is 0 Å². The highest BCUT2D eigenvalue weighted by atomic mass is 16.5. The minimum absolute atomic E-state index is 0.107. The molecule has 0 spiro atoms. The maximum Gasteiger partial charge on any atom is 0.256 e. The summed E-state index contributed by atoms with van der Waals surface area (Å²) in [5.41, 5.74) is 0.871. The van der Waals surface area contributed by atoms with Crippen molar-refractivity contribution in [1.29, 1.82) is 0 Å². The lowest BCUT2D eigenvalue weighted by Crippen LogP contribution is -2.51. The molecule has 6 nitrogen and oxygen atoms in total. The van der Waals surface area contributed by atoms with Crippen LogP contribution in [0.5, 0.6) is 0 Å². The van der Waals surface area contributed by atoms with Crippen molar-refractivity contribution < 1.29 is 9.53 Å². The third-order valence-corrected chi connectivity index (χ3v) is 4.08. The van der Waals surface area contributed by atoms with Crippen LogP contribution in [0.3, 0.4) is 0 Å². The summed E-state index contributed by atoms with van der Waals surface area (Å²) in [7, 11) is 1.60. The van der Waals surface area contributed by atoms with Gasteiger partial charge in [0.15, 0.2) is 0 Å². The molecule has 2 N–H and O–H groups in total. The third-order valence-electron chi connectivity index (χ3n) is 4.08. The van der Waals surface area contributed by atoms with Crippen LogP contribution in [0.2, 0.25) is 0 Å². The number of methoxy groups -OCH3 is 1. The Morgan fingerprint density at radius 1 is 1.32 bits per heavy atom. The average Bonchev–Trinajstić information content (AvgIpc) is 3.05. The van der Waals surface area contributed by atoms with Gasteiger partial charge >= 0.3 is 0 Å². The Labute approximate surface area is 129 Å². The lowest BCUT2D eigenvalue weighted by atomic mass is 9.91. The Hall–Kier alpha value is -2.18. The summed E-state index contributed by atoms with van der Waals surface area (Å²) in [5, 5.41) is 10.4. The van der Waals surface area contributed by atoms with Crippen LogP contribution in [0, 0.1) is 0 Å². The number of benzene rings is 1. The van der Waals surface area contributed by atoms with E-state index in [2.05, 4.69) is 15.7 Å². The Kier molecular flexibility index (Phi) is 4.22. The lowest BCUT2D eigenvalue weighted by molar-refractivity contribution is -0.140. The molecule has 2 aromatic rings. The fourth-order valence-electron chi connectivity index (χ4n) is 2.71. The number of aromatic nitrogens is 2. The maximum atomic E-state index is 12.6. The zero-order valence-electron chi connectivity index (χ0n) is 12.6. The van der Waals surface area contributed by atoms with Crippen LogP contribution in [0.4, 0.5) is 5.69 Å². The van der Waals surface area contributed by atoms with Crippen LogP contribution in [-0.2, 0) is 9.53 Å². The molecule has 1 aliphatic rings. The number of hydrogen-bond donors (Lipinski definition) is 2. The first-order chi connectivity index (χ1) is 10.7. The van der Waals surface area contributed by atoms with Crippen molar-refractivity contribution in [3.05, 3.63) is 42.7 Å². The molecule has 0 unspecified atom stereocenters. The summed E-state index contributed by atoms with van der Waals surface area (Å²) in [6.45, 7) is 1.56. The van der Waals surface area contributed by atoms with E-state index in [-0.39, 0.29) is 5.91 Å². The summed E-state index contributed by atoms with van der Waals surface area (Å²) in [6, 6.07) is 9.77.